The van der Waals surface area contributed by atoms with E-state index in [2.05, 4.69) is 5.32 Å². The molecular formula is C25H29ClN2O5. The van der Waals surface area contributed by atoms with E-state index in [1.165, 1.54) is 0 Å². The number of benzene rings is 2. The lowest BCUT2D eigenvalue weighted by molar-refractivity contribution is -0.125. The highest BCUT2D eigenvalue weighted by Crippen LogP contribution is 2.43. The number of carbonyl (C=O) groups excluding carboxylic acids is 2. The van der Waals surface area contributed by atoms with Crippen LogP contribution in [0.1, 0.15) is 34.7 Å². The van der Waals surface area contributed by atoms with E-state index in [0.29, 0.717) is 53.4 Å². The molecule has 0 radical (unpaired) electrons. The fourth-order valence-corrected chi connectivity index (χ4v) is 4.61. The number of nitrogens with zero attached hydrogens (tertiary/aromatic N) is 1. The SMILES string of the molecule is COc1cc(C2CN(C(=O)c3ccccc3Cl)CC2C(=O)NCC2CC2)cc(OC)c1OC. The van der Waals surface area contributed by atoms with Gasteiger partial charge in [-0.1, -0.05) is 23.7 Å². The van der Waals surface area contributed by atoms with Gasteiger partial charge < -0.3 is 24.4 Å². The summed E-state index contributed by atoms with van der Waals surface area (Å²) in [6.07, 6.45) is 2.30. The van der Waals surface area contributed by atoms with Crippen molar-refractivity contribution in [2.45, 2.75) is 18.8 Å². The van der Waals surface area contributed by atoms with Gasteiger partial charge in [0, 0.05) is 25.6 Å². The fourth-order valence-electron chi connectivity index (χ4n) is 4.39. The minimum Gasteiger partial charge on any atom is -0.493 e. The Morgan fingerprint density at radius 1 is 1.03 bits per heavy atom. The number of nitrogens with one attached hydrogen (secondary N) is 1. The van der Waals surface area contributed by atoms with E-state index in [-0.39, 0.29) is 17.7 Å². The molecule has 1 heterocycles. The van der Waals surface area contributed by atoms with Crippen molar-refractivity contribution in [3.8, 4) is 17.2 Å². The third-order valence-electron chi connectivity index (χ3n) is 6.43. The highest BCUT2D eigenvalue weighted by Gasteiger charge is 2.42. The number of rotatable bonds is 8. The topological polar surface area (TPSA) is 77.1 Å². The number of hydrogen-bond donors (Lipinski definition) is 1. The summed E-state index contributed by atoms with van der Waals surface area (Å²) in [5, 5.41) is 3.48. The average molecular weight is 473 g/mol. The van der Waals surface area contributed by atoms with Gasteiger partial charge in [-0.05, 0) is 48.6 Å². The Morgan fingerprint density at radius 2 is 1.70 bits per heavy atom. The van der Waals surface area contributed by atoms with Crippen LogP contribution in [0.15, 0.2) is 36.4 Å². The van der Waals surface area contributed by atoms with E-state index >= 15 is 0 Å². The molecule has 1 N–H and O–H groups in total. The molecule has 0 aromatic heterocycles. The number of carbonyl (C=O) groups is 2. The average Bonchev–Trinajstić information content (AvgIpc) is 3.56. The molecule has 176 valence electrons. The van der Waals surface area contributed by atoms with Gasteiger partial charge in [0.2, 0.25) is 11.7 Å². The van der Waals surface area contributed by atoms with E-state index in [9.17, 15) is 9.59 Å². The van der Waals surface area contributed by atoms with Gasteiger partial charge in [0.05, 0.1) is 37.8 Å². The minimum atomic E-state index is -0.405. The normalized spacial score (nSPS) is 19.8. The van der Waals surface area contributed by atoms with Gasteiger partial charge in [0.1, 0.15) is 0 Å². The maximum Gasteiger partial charge on any atom is 0.255 e. The summed E-state index contributed by atoms with van der Waals surface area (Å²) in [4.78, 5) is 28.2. The maximum atomic E-state index is 13.3. The van der Waals surface area contributed by atoms with Gasteiger partial charge >= 0.3 is 0 Å². The Bertz CT molecular complexity index is 1010. The van der Waals surface area contributed by atoms with Crippen molar-refractivity contribution < 1.29 is 23.8 Å². The molecule has 2 aromatic rings. The quantitative estimate of drug-likeness (QED) is 0.633. The van der Waals surface area contributed by atoms with Crippen LogP contribution in [0.5, 0.6) is 17.2 Å². The highest BCUT2D eigenvalue weighted by molar-refractivity contribution is 6.33. The predicted molar refractivity (Wildman–Crippen MR) is 125 cm³/mol. The van der Waals surface area contributed by atoms with Crippen LogP contribution in [-0.4, -0.2) is 57.7 Å². The van der Waals surface area contributed by atoms with Crippen LogP contribution in [-0.2, 0) is 4.79 Å². The molecule has 2 aromatic carbocycles. The van der Waals surface area contributed by atoms with Gasteiger partial charge in [0.25, 0.3) is 5.91 Å². The molecule has 8 heteroatoms. The van der Waals surface area contributed by atoms with Crippen molar-refractivity contribution in [2.75, 3.05) is 41.0 Å². The maximum absolute atomic E-state index is 13.3. The van der Waals surface area contributed by atoms with Crippen molar-refractivity contribution in [3.63, 3.8) is 0 Å². The largest absolute Gasteiger partial charge is 0.493 e. The van der Waals surface area contributed by atoms with Gasteiger partial charge in [-0.25, -0.2) is 0 Å². The summed E-state index contributed by atoms with van der Waals surface area (Å²) in [5.41, 5.74) is 1.28. The summed E-state index contributed by atoms with van der Waals surface area (Å²) in [7, 11) is 4.67. The summed E-state index contributed by atoms with van der Waals surface area (Å²) in [5.74, 6) is 1.21. The van der Waals surface area contributed by atoms with Crippen LogP contribution in [0.3, 0.4) is 0 Å². The number of ether oxygens (including phenoxy) is 3. The first-order valence-corrected chi connectivity index (χ1v) is 11.5. The Balaban J connectivity index is 1.66. The number of methoxy groups -OCH3 is 3. The van der Waals surface area contributed by atoms with Crippen LogP contribution in [0.25, 0.3) is 0 Å². The molecule has 0 bridgehead atoms. The van der Waals surface area contributed by atoms with Gasteiger partial charge in [0.15, 0.2) is 11.5 Å². The zero-order valence-electron chi connectivity index (χ0n) is 19.1. The summed E-state index contributed by atoms with van der Waals surface area (Å²) >= 11 is 6.28. The molecule has 1 saturated carbocycles. The number of halogens is 1. The number of hydrogen-bond acceptors (Lipinski definition) is 5. The Morgan fingerprint density at radius 3 is 2.27 bits per heavy atom. The van der Waals surface area contributed by atoms with Crippen LogP contribution in [0.4, 0.5) is 0 Å². The van der Waals surface area contributed by atoms with Crippen LogP contribution >= 0.6 is 11.6 Å². The molecule has 2 fully saturated rings. The molecule has 1 aliphatic heterocycles. The van der Waals surface area contributed by atoms with E-state index < -0.39 is 5.92 Å². The van der Waals surface area contributed by atoms with Gasteiger partial charge in [-0.15, -0.1) is 0 Å². The third-order valence-corrected chi connectivity index (χ3v) is 6.75. The first-order valence-electron chi connectivity index (χ1n) is 11.1. The summed E-state index contributed by atoms with van der Waals surface area (Å²) in [6, 6.07) is 10.7. The van der Waals surface area contributed by atoms with Gasteiger partial charge in [-0.3, -0.25) is 9.59 Å². The molecule has 2 aliphatic rings. The van der Waals surface area contributed by atoms with Crippen molar-refractivity contribution in [1.82, 2.24) is 10.2 Å². The molecule has 1 saturated heterocycles. The van der Waals surface area contributed by atoms with Crippen molar-refractivity contribution in [1.29, 1.82) is 0 Å². The van der Waals surface area contributed by atoms with Crippen molar-refractivity contribution in [2.24, 2.45) is 11.8 Å². The van der Waals surface area contributed by atoms with E-state index in [1.807, 2.05) is 12.1 Å². The second-order valence-corrected chi connectivity index (χ2v) is 8.96. The monoisotopic (exact) mass is 472 g/mol. The molecule has 33 heavy (non-hydrogen) atoms. The lowest BCUT2D eigenvalue weighted by atomic mass is 9.88. The van der Waals surface area contributed by atoms with E-state index in [1.54, 1.807) is 50.5 Å². The van der Waals surface area contributed by atoms with Crippen molar-refractivity contribution >= 4 is 23.4 Å². The zero-order valence-corrected chi connectivity index (χ0v) is 19.9. The smallest absolute Gasteiger partial charge is 0.255 e. The third kappa shape index (κ3) is 4.88. The predicted octanol–water partition coefficient (Wildman–Crippen LogP) is 3.75. The van der Waals surface area contributed by atoms with E-state index in [4.69, 9.17) is 25.8 Å². The molecule has 7 nitrogen and oxygen atoms in total. The molecule has 2 atom stereocenters. The first-order chi connectivity index (χ1) is 16.0. The number of amides is 2. The fraction of sp³-hybridized carbons (Fsp3) is 0.440. The lowest BCUT2D eigenvalue weighted by Crippen LogP contribution is -2.36. The highest BCUT2D eigenvalue weighted by atomic mass is 35.5. The summed E-state index contributed by atoms with van der Waals surface area (Å²) < 4.78 is 16.5. The van der Waals surface area contributed by atoms with Crippen LogP contribution in [0.2, 0.25) is 5.02 Å². The van der Waals surface area contributed by atoms with Crippen LogP contribution in [0, 0.1) is 11.8 Å². The van der Waals surface area contributed by atoms with Gasteiger partial charge in [-0.2, -0.15) is 0 Å². The zero-order chi connectivity index (χ0) is 23.5. The second kappa shape index (κ2) is 9.91. The standard InChI is InChI=1S/C25H29ClN2O5/c1-31-21-10-16(11-22(32-2)23(21)33-3)18-13-28(25(30)17-6-4-5-7-20(17)26)14-19(18)24(29)27-12-15-8-9-15/h4-7,10-11,15,18-19H,8-9,12-14H2,1-3H3,(H,27,29). The number of likely N-dealkylation sites (tertiary alicyclic amines) is 1. The Kier molecular flexibility index (Phi) is 6.98. The minimum absolute atomic E-state index is 0.0462. The van der Waals surface area contributed by atoms with Crippen LogP contribution < -0.4 is 19.5 Å². The Labute approximate surface area is 198 Å². The molecule has 0 spiro atoms. The molecule has 2 unspecified atom stereocenters. The summed E-state index contributed by atoms with van der Waals surface area (Å²) in [6.45, 7) is 1.36. The molecule has 1 aliphatic carbocycles. The van der Waals surface area contributed by atoms with Crippen molar-refractivity contribution in [3.05, 3.63) is 52.5 Å². The lowest BCUT2D eigenvalue weighted by Gasteiger charge is -2.21. The Hall–Kier alpha value is -2.93. The first kappa shape index (κ1) is 23.2. The second-order valence-electron chi connectivity index (χ2n) is 8.55. The van der Waals surface area contributed by atoms with E-state index in [0.717, 1.165) is 18.4 Å². The molecule has 4 rings (SSSR count). The molecular weight excluding hydrogens is 444 g/mol. The molecule has 2 amide bonds.